The van der Waals surface area contributed by atoms with Crippen LogP contribution >= 0.6 is 27.5 Å². The molecule has 0 aliphatic carbocycles. The summed E-state index contributed by atoms with van der Waals surface area (Å²) in [5.74, 6) is 0.863. The van der Waals surface area contributed by atoms with Gasteiger partial charge in [0.25, 0.3) is 11.8 Å². The van der Waals surface area contributed by atoms with E-state index in [4.69, 9.17) is 25.8 Å². The first-order chi connectivity index (χ1) is 17.8. The van der Waals surface area contributed by atoms with E-state index in [1.54, 1.807) is 62.6 Å². The summed E-state index contributed by atoms with van der Waals surface area (Å²) in [5, 5.41) is 7.31. The van der Waals surface area contributed by atoms with E-state index in [1.807, 2.05) is 19.1 Å². The van der Waals surface area contributed by atoms with E-state index in [1.165, 1.54) is 6.21 Å². The second-order valence-corrected chi connectivity index (χ2v) is 9.13. The standard InChI is InChI=1S/C27H27BrClN3O5/c1-4-36-24-14-19(13-23(28)25(24)37-16-18-5-9-21(29)10-6-18)15-30-32-26(33)17(2)31-27(34)20-7-11-22(35-3)12-8-20/h5-15,17H,4,16H2,1-3H3,(H,31,34)(H,32,33). The molecule has 0 aliphatic rings. The Morgan fingerprint density at radius 2 is 1.78 bits per heavy atom. The van der Waals surface area contributed by atoms with Gasteiger partial charge in [-0.3, -0.25) is 9.59 Å². The highest BCUT2D eigenvalue weighted by Gasteiger charge is 2.17. The number of rotatable bonds is 11. The summed E-state index contributed by atoms with van der Waals surface area (Å²) in [4.78, 5) is 24.8. The molecule has 10 heteroatoms. The summed E-state index contributed by atoms with van der Waals surface area (Å²) in [6.07, 6.45) is 1.48. The first-order valence-corrected chi connectivity index (χ1v) is 12.6. The number of halogens is 2. The highest BCUT2D eigenvalue weighted by molar-refractivity contribution is 9.10. The molecule has 0 aliphatic heterocycles. The fraction of sp³-hybridized carbons (Fsp3) is 0.222. The molecule has 3 aromatic rings. The number of nitrogens with zero attached hydrogens (tertiary/aromatic N) is 1. The van der Waals surface area contributed by atoms with Crippen LogP contribution in [0.15, 0.2) is 70.2 Å². The molecule has 0 saturated heterocycles. The lowest BCUT2D eigenvalue weighted by Gasteiger charge is -2.15. The van der Waals surface area contributed by atoms with Gasteiger partial charge in [-0.05, 0) is 89.4 Å². The van der Waals surface area contributed by atoms with Crippen LogP contribution in [0.5, 0.6) is 17.2 Å². The minimum absolute atomic E-state index is 0.333. The van der Waals surface area contributed by atoms with Gasteiger partial charge in [-0.1, -0.05) is 23.7 Å². The van der Waals surface area contributed by atoms with Gasteiger partial charge in [0.05, 0.1) is 24.4 Å². The van der Waals surface area contributed by atoms with Gasteiger partial charge in [0.1, 0.15) is 18.4 Å². The molecule has 0 spiro atoms. The number of methoxy groups -OCH3 is 1. The molecule has 0 saturated carbocycles. The molecule has 0 heterocycles. The van der Waals surface area contributed by atoms with Gasteiger partial charge in [-0.15, -0.1) is 0 Å². The molecule has 3 aromatic carbocycles. The molecule has 1 atom stereocenters. The van der Waals surface area contributed by atoms with Crippen molar-refractivity contribution in [1.82, 2.24) is 10.7 Å². The number of carbonyl (C=O) groups excluding carboxylic acids is 2. The van der Waals surface area contributed by atoms with E-state index < -0.39 is 11.9 Å². The maximum atomic E-state index is 12.4. The zero-order chi connectivity index (χ0) is 26.8. The van der Waals surface area contributed by atoms with E-state index in [2.05, 4.69) is 31.8 Å². The monoisotopic (exact) mass is 587 g/mol. The molecule has 2 N–H and O–H groups in total. The highest BCUT2D eigenvalue weighted by atomic mass is 79.9. The predicted molar refractivity (Wildman–Crippen MR) is 147 cm³/mol. The topological polar surface area (TPSA) is 98.2 Å². The summed E-state index contributed by atoms with van der Waals surface area (Å²) >= 11 is 9.47. The highest BCUT2D eigenvalue weighted by Crippen LogP contribution is 2.37. The Bertz CT molecular complexity index is 1250. The second-order valence-electron chi connectivity index (χ2n) is 7.84. The average molecular weight is 589 g/mol. The average Bonchev–Trinajstić information content (AvgIpc) is 2.89. The van der Waals surface area contributed by atoms with Gasteiger partial charge in [-0.25, -0.2) is 5.43 Å². The number of hydrogen-bond acceptors (Lipinski definition) is 6. The summed E-state index contributed by atoms with van der Waals surface area (Å²) < 4.78 is 17.5. The third-order valence-corrected chi connectivity index (χ3v) is 5.95. The molecule has 37 heavy (non-hydrogen) atoms. The Morgan fingerprint density at radius 3 is 2.43 bits per heavy atom. The van der Waals surface area contributed by atoms with Gasteiger partial charge < -0.3 is 19.5 Å². The molecule has 0 bridgehead atoms. The molecule has 2 amide bonds. The Labute approximate surface area is 229 Å². The fourth-order valence-electron chi connectivity index (χ4n) is 3.16. The Balaban J connectivity index is 1.60. The van der Waals surface area contributed by atoms with Crippen LogP contribution in [0.3, 0.4) is 0 Å². The third kappa shape index (κ3) is 8.23. The van der Waals surface area contributed by atoms with E-state index in [-0.39, 0.29) is 5.91 Å². The van der Waals surface area contributed by atoms with Crippen LogP contribution in [-0.4, -0.2) is 37.8 Å². The van der Waals surface area contributed by atoms with Crippen molar-refractivity contribution < 1.29 is 23.8 Å². The van der Waals surface area contributed by atoms with Crippen LogP contribution in [0, 0.1) is 0 Å². The van der Waals surface area contributed by atoms with Crippen molar-refractivity contribution >= 4 is 45.6 Å². The lowest BCUT2D eigenvalue weighted by molar-refractivity contribution is -0.122. The van der Waals surface area contributed by atoms with Crippen LogP contribution in [0.2, 0.25) is 5.02 Å². The molecule has 0 aromatic heterocycles. The minimum Gasteiger partial charge on any atom is -0.497 e. The van der Waals surface area contributed by atoms with Crippen molar-refractivity contribution in [3.63, 3.8) is 0 Å². The van der Waals surface area contributed by atoms with Crippen LogP contribution in [0.4, 0.5) is 0 Å². The van der Waals surface area contributed by atoms with Crippen molar-refractivity contribution in [3.8, 4) is 17.2 Å². The van der Waals surface area contributed by atoms with Gasteiger partial charge >= 0.3 is 0 Å². The normalized spacial score (nSPS) is 11.6. The SMILES string of the molecule is CCOc1cc(C=NNC(=O)C(C)NC(=O)c2ccc(OC)cc2)cc(Br)c1OCc1ccc(Cl)cc1. The Hall–Kier alpha value is -3.56. The molecule has 194 valence electrons. The molecule has 1 unspecified atom stereocenters. The van der Waals surface area contributed by atoms with Gasteiger partial charge in [0.2, 0.25) is 0 Å². The maximum absolute atomic E-state index is 12.4. The molecule has 8 nitrogen and oxygen atoms in total. The van der Waals surface area contributed by atoms with Crippen LogP contribution in [-0.2, 0) is 11.4 Å². The van der Waals surface area contributed by atoms with E-state index >= 15 is 0 Å². The number of hydrogen-bond donors (Lipinski definition) is 2. The number of ether oxygens (including phenoxy) is 3. The van der Waals surface area contributed by atoms with Crippen molar-refractivity contribution in [1.29, 1.82) is 0 Å². The number of hydrazone groups is 1. The first-order valence-electron chi connectivity index (χ1n) is 11.4. The molecular formula is C27H27BrClN3O5. The van der Waals surface area contributed by atoms with Crippen LogP contribution in [0.25, 0.3) is 0 Å². The molecule has 3 rings (SSSR count). The number of carbonyl (C=O) groups is 2. The largest absolute Gasteiger partial charge is 0.497 e. The Kier molecular flexibility index (Phi) is 10.3. The zero-order valence-corrected chi connectivity index (χ0v) is 22.9. The van der Waals surface area contributed by atoms with Crippen LogP contribution < -0.4 is 25.0 Å². The Morgan fingerprint density at radius 1 is 1.08 bits per heavy atom. The smallest absolute Gasteiger partial charge is 0.262 e. The summed E-state index contributed by atoms with van der Waals surface area (Å²) in [7, 11) is 1.55. The first kappa shape index (κ1) is 28.0. The number of nitrogens with one attached hydrogen (secondary N) is 2. The number of benzene rings is 3. The van der Waals surface area contributed by atoms with Gasteiger partial charge in [-0.2, -0.15) is 5.10 Å². The molecule has 0 fully saturated rings. The van der Waals surface area contributed by atoms with E-state index in [0.717, 1.165) is 5.56 Å². The number of amides is 2. The van der Waals surface area contributed by atoms with Crippen LogP contribution in [0.1, 0.15) is 35.3 Å². The molecular weight excluding hydrogens is 562 g/mol. The lowest BCUT2D eigenvalue weighted by atomic mass is 10.2. The third-order valence-electron chi connectivity index (χ3n) is 5.11. The zero-order valence-electron chi connectivity index (χ0n) is 20.6. The van der Waals surface area contributed by atoms with Gasteiger partial charge in [0, 0.05) is 10.6 Å². The minimum atomic E-state index is -0.805. The van der Waals surface area contributed by atoms with Gasteiger partial charge in [0.15, 0.2) is 11.5 Å². The fourth-order valence-corrected chi connectivity index (χ4v) is 3.86. The van der Waals surface area contributed by atoms with Crippen molar-refractivity contribution in [3.05, 3.63) is 86.8 Å². The molecule has 0 radical (unpaired) electrons. The van der Waals surface area contributed by atoms with Crippen molar-refractivity contribution in [2.24, 2.45) is 5.10 Å². The summed E-state index contributed by atoms with van der Waals surface area (Å²) in [6.45, 7) is 4.22. The van der Waals surface area contributed by atoms with Crippen molar-refractivity contribution in [2.75, 3.05) is 13.7 Å². The van der Waals surface area contributed by atoms with E-state index in [0.29, 0.717) is 51.1 Å². The lowest BCUT2D eigenvalue weighted by Crippen LogP contribution is -2.43. The predicted octanol–water partition coefficient (Wildman–Crippen LogP) is 5.36. The summed E-state index contributed by atoms with van der Waals surface area (Å²) in [6, 6.07) is 16.7. The van der Waals surface area contributed by atoms with E-state index in [9.17, 15) is 9.59 Å². The maximum Gasteiger partial charge on any atom is 0.262 e. The second kappa shape index (κ2) is 13.7. The summed E-state index contributed by atoms with van der Waals surface area (Å²) in [5.41, 5.74) is 4.48. The quantitative estimate of drug-likeness (QED) is 0.232. The van der Waals surface area contributed by atoms with Crippen molar-refractivity contribution in [2.45, 2.75) is 26.5 Å².